The fourth-order valence-corrected chi connectivity index (χ4v) is 3.34. The van der Waals surface area contributed by atoms with E-state index in [1.54, 1.807) is 18.3 Å². The van der Waals surface area contributed by atoms with Crippen LogP contribution in [0.3, 0.4) is 0 Å². The van der Waals surface area contributed by atoms with Crippen LogP contribution in [0.25, 0.3) is 0 Å². The summed E-state index contributed by atoms with van der Waals surface area (Å²) in [6.07, 6.45) is 5.75. The van der Waals surface area contributed by atoms with Crippen LogP contribution in [-0.2, 0) is 0 Å². The smallest absolute Gasteiger partial charge is 0.251 e. The Morgan fingerprint density at radius 1 is 1.16 bits per heavy atom. The Hall–Kier alpha value is -2.69. The third-order valence-electron chi connectivity index (χ3n) is 4.57. The second kappa shape index (κ2) is 6.31. The number of hydrogen-bond donors (Lipinski definition) is 1. The first-order valence-corrected chi connectivity index (χ1v) is 8.70. The summed E-state index contributed by atoms with van der Waals surface area (Å²) in [5.41, 5.74) is 1.36. The van der Waals surface area contributed by atoms with E-state index in [1.807, 2.05) is 31.2 Å². The fraction of sp³-hybridized carbons (Fsp3) is 0.350. The van der Waals surface area contributed by atoms with E-state index in [9.17, 15) is 5.11 Å². The molecule has 0 atom stereocenters. The van der Waals surface area contributed by atoms with Crippen LogP contribution >= 0.6 is 0 Å². The Labute approximate surface area is 146 Å². The van der Waals surface area contributed by atoms with Gasteiger partial charge in [-0.15, -0.1) is 0 Å². The number of aliphatic imine (C=N–C) groups is 1. The largest absolute Gasteiger partial charge is 0.504 e. The summed E-state index contributed by atoms with van der Waals surface area (Å²) in [6.45, 7) is 2.38. The van der Waals surface area contributed by atoms with Crippen molar-refractivity contribution in [1.29, 1.82) is 0 Å². The summed E-state index contributed by atoms with van der Waals surface area (Å²) < 4.78 is 17.5. The zero-order valence-electron chi connectivity index (χ0n) is 14.2. The van der Waals surface area contributed by atoms with Gasteiger partial charge in [-0.1, -0.05) is 6.07 Å². The van der Waals surface area contributed by atoms with Crippen molar-refractivity contribution in [2.45, 2.75) is 38.4 Å². The molecule has 0 saturated heterocycles. The second-order valence-corrected chi connectivity index (χ2v) is 6.34. The lowest BCUT2D eigenvalue weighted by atomic mass is 10.2. The van der Waals surface area contributed by atoms with E-state index in [4.69, 9.17) is 14.2 Å². The molecular weight excluding hydrogens is 318 g/mol. The molecule has 25 heavy (non-hydrogen) atoms. The molecule has 4 rings (SSSR count). The van der Waals surface area contributed by atoms with Gasteiger partial charge >= 0.3 is 0 Å². The van der Waals surface area contributed by atoms with Crippen molar-refractivity contribution in [2.24, 2.45) is 4.99 Å². The van der Waals surface area contributed by atoms with Gasteiger partial charge in [0.25, 0.3) is 5.79 Å². The van der Waals surface area contributed by atoms with Gasteiger partial charge in [0.1, 0.15) is 0 Å². The highest BCUT2D eigenvalue weighted by molar-refractivity contribution is 5.86. The molecule has 1 spiro atoms. The van der Waals surface area contributed by atoms with E-state index in [2.05, 4.69) is 4.99 Å². The molecule has 0 bridgehead atoms. The number of phenolic OH excluding ortho intramolecular Hbond substituents is 1. The van der Waals surface area contributed by atoms with Gasteiger partial charge in [0, 0.05) is 30.7 Å². The number of para-hydroxylation sites is 1. The fourth-order valence-electron chi connectivity index (χ4n) is 3.34. The van der Waals surface area contributed by atoms with Gasteiger partial charge in [-0.25, -0.2) is 0 Å². The molecule has 1 aliphatic heterocycles. The first kappa shape index (κ1) is 15.8. The summed E-state index contributed by atoms with van der Waals surface area (Å²) in [6, 6.07) is 11.0. The van der Waals surface area contributed by atoms with Crippen LogP contribution in [0, 0.1) is 0 Å². The monoisotopic (exact) mass is 339 g/mol. The summed E-state index contributed by atoms with van der Waals surface area (Å²) in [7, 11) is 0. The standard InChI is InChI=1S/C20H21NO4/c1-2-23-17-7-5-6-14(19(17)22)13-21-15-8-9-16-18(12-15)25-20(24-16)10-3-4-11-20/h5-9,12-13,22H,2-4,10-11H2,1H3. The van der Waals surface area contributed by atoms with Crippen molar-refractivity contribution in [3.8, 4) is 23.0 Å². The Balaban J connectivity index is 1.55. The number of nitrogens with zero attached hydrogens (tertiary/aromatic N) is 1. The number of aromatic hydroxyl groups is 1. The lowest BCUT2D eigenvalue weighted by Gasteiger charge is -2.21. The summed E-state index contributed by atoms with van der Waals surface area (Å²) in [4.78, 5) is 4.45. The maximum absolute atomic E-state index is 10.2. The predicted molar refractivity (Wildman–Crippen MR) is 95.4 cm³/mol. The van der Waals surface area contributed by atoms with Crippen LogP contribution < -0.4 is 14.2 Å². The van der Waals surface area contributed by atoms with Gasteiger partial charge in [-0.2, -0.15) is 0 Å². The van der Waals surface area contributed by atoms with Crippen LogP contribution in [0.4, 0.5) is 5.69 Å². The van der Waals surface area contributed by atoms with Crippen molar-refractivity contribution in [2.75, 3.05) is 6.61 Å². The van der Waals surface area contributed by atoms with Crippen LogP contribution in [0.2, 0.25) is 0 Å². The quantitative estimate of drug-likeness (QED) is 0.828. The van der Waals surface area contributed by atoms with Crippen molar-refractivity contribution in [3.63, 3.8) is 0 Å². The van der Waals surface area contributed by atoms with Crippen LogP contribution in [-0.4, -0.2) is 23.7 Å². The molecule has 1 fully saturated rings. The Bertz CT molecular complexity index is 809. The first-order valence-electron chi connectivity index (χ1n) is 8.70. The third-order valence-corrected chi connectivity index (χ3v) is 4.57. The molecule has 1 heterocycles. The van der Waals surface area contributed by atoms with E-state index >= 15 is 0 Å². The van der Waals surface area contributed by atoms with Crippen molar-refractivity contribution in [1.82, 2.24) is 0 Å². The number of phenols is 1. The minimum atomic E-state index is -0.464. The molecule has 0 amide bonds. The SMILES string of the molecule is CCOc1cccc(C=Nc2ccc3c(c2)OC2(CCCC2)O3)c1O. The minimum Gasteiger partial charge on any atom is -0.504 e. The van der Waals surface area contributed by atoms with E-state index < -0.39 is 5.79 Å². The second-order valence-electron chi connectivity index (χ2n) is 6.34. The van der Waals surface area contributed by atoms with Gasteiger partial charge < -0.3 is 19.3 Å². The van der Waals surface area contributed by atoms with E-state index in [1.165, 1.54) is 0 Å². The normalized spacial score (nSPS) is 17.5. The van der Waals surface area contributed by atoms with Crippen molar-refractivity contribution < 1.29 is 19.3 Å². The molecule has 5 nitrogen and oxygen atoms in total. The Morgan fingerprint density at radius 3 is 2.76 bits per heavy atom. The van der Waals surface area contributed by atoms with Crippen LogP contribution in [0.5, 0.6) is 23.0 Å². The van der Waals surface area contributed by atoms with Gasteiger partial charge in [0.05, 0.1) is 12.3 Å². The lowest BCUT2D eigenvalue weighted by molar-refractivity contribution is -0.0716. The average molecular weight is 339 g/mol. The van der Waals surface area contributed by atoms with Crippen LogP contribution in [0.1, 0.15) is 38.2 Å². The maximum atomic E-state index is 10.2. The number of benzene rings is 2. The molecule has 0 unspecified atom stereocenters. The molecule has 1 aliphatic carbocycles. The van der Waals surface area contributed by atoms with E-state index in [-0.39, 0.29) is 5.75 Å². The third kappa shape index (κ3) is 3.02. The highest BCUT2D eigenvalue weighted by Gasteiger charge is 2.44. The van der Waals surface area contributed by atoms with Crippen molar-refractivity contribution >= 4 is 11.9 Å². The molecule has 1 saturated carbocycles. The minimum absolute atomic E-state index is 0.0961. The number of fused-ring (bicyclic) bond motifs is 1. The molecule has 0 radical (unpaired) electrons. The maximum Gasteiger partial charge on any atom is 0.251 e. The lowest BCUT2D eigenvalue weighted by Crippen LogP contribution is -2.34. The number of ether oxygens (including phenoxy) is 3. The molecule has 130 valence electrons. The zero-order chi connectivity index (χ0) is 17.3. The van der Waals surface area contributed by atoms with Gasteiger partial charge in [0.15, 0.2) is 23.0 Å². The molecule has 5 heteroatoms. The molecule has 1 N–H and O–H groups in total. The van der Waals surface area contributed by atoms with E-state index in [0.29, 0.717) is 17.9 Å². The molecular formula is C20H21NO4. The van der Waals surface area contributed by atoms with Gasteiger partial charge in [-0.3, -0.25) is 4.99 Å². The zero-order valence-corrected chi connectivity index (χ0v) is 14.2. The Morgan fingerprint density at radius 2 is 1.96 bits per heavy atom. The average Bonchev–Trinajstić information content (AvgIpc) is 3.21. The predicted octanol–water partition coefficient (Wildman–Crippen LogP) is 4.58. The topological polar surface area (TPSA) is 60.3 Å². The van der Waals surface area contributed by atoms with Crippen LogP contribution in [0.15, 0.2) is 41.4 Å². The highest BCUT2D eigenvalue weighted by atomic mass is 16.7. The van der Waals surface area contributed by atoms with Crippen molar-refractivity contribution in [3.05, 3.63) is 42.0 Å². The summed E-state index contributed by atoms with van der Waals surface area (Å²) in [5.74, 6) is 1.61. The summed E-state index contributed by atoms with van der Waals surface area (Å²) >= 11 is 0. The summed E-state index contributed by atoms with van der Waals surface area (Å²) in [5, 5.41) is 10.2. The molecule has 2 aliphatic rings. The first-order chi connectivity index (χ1) is 12.2. The highest BCUT2D eigenvalue weighted by Crippen LogP contribution is 2.47. The number of hydrogen-bond acceptors (Lipinski definition) is 5. The molecule has 2 aromatic carbocycles. The Kier molecular flexibility index (Phi) is 3.99. The van der Waals surface area contributed by atoms with Gasteiger partial charge in [-0.05, 0) is 44.0 Å². The molecule has 0 aromatic heterocycles. The van der Waals surface area contributed by atoms with Gasteiger partial charge in [0.2, 0.25) is 0 Å². The van der Waals surface area contributed by atoms with E-state index in [0.717, 1.165) is 42.9 Å². The number of rotatable bonds is 4. The molecule has 2 aromatic rings.